The van der Waals surface area contributed by atoms with Crippen molar-refractivity contribution in [2.24, 2.45) is 5.92 Å². The summed E-state index contributed by atoms with van der Waals surface area (Å²) in [6, 6.07) is 14.7. The number of amides is 2. The molecule has 1 aromatic heterocycles. The Morgan fingerprint density at radius 1 is 1.06 bits per heavy atom. The van der Waals surface area contributed by atoms with Gasteiger partial charge in [0.05, 0.1) is 6.54 Å². The summed E-state index contributed by atoms with van der Waals surface area (Å²) in [5.74, 6) is -2.25. The monoisotopic (exact) mass is 466 g/mol. The van der Waals surface area contributed by atoms with E-state index in [0.717, 1.165) is 11.1 Å². The van der Waals surface area contributed by atoms with Crippen LogP contribution in [0.25, 0.3) is 22.1 Å². The normalized spacial score (nSPS) is 12.5. The fourth-order valence-corrected chi connectivity index (χ4v) is 3.38. The summed E-state index contributed by atoms with van der Waals surface area (Å²) in [5, 5.41) is 14.7. The first-order valence-electron chi connectivity index (χ1n) is 10.8. The first-order chi connectivity index (χ1) is 16.3. The second kappa shape index (κ2) is 11.1. The number of nitrogens with one attached hydrogen (secondary N) is 2. The molecule has 2 atom stereocenters. The SMILES string of the molecule is CC[C@@H](C)[C@H](NC(=O)CNC(=O)COc1ccc2c(-c3ccccc3)cc(=O)oc2c1)C(=O)O. The molecule has 0 saturated carbocycles. The van der Waals surface area contributed by atoms with Gasteiger partial charge >= 0.3 is 11.6 Å². The molecule has 9 heteroatoms. The van der Waals surface area contributed by atoms with Crippen molar-refractivity contribution >= 4 is 28.8 Å². The Bertz CT molecular complexity index is 1240. The number of carbonyl (C=O) groups excluding carboxylic acids is 2. The zero-order chi connectivity index (χ0) is 24.7. The molecular formula is C25H26N2O7. The molecule has 0 aliphatic heterocycles. The molecule has 0 unspecified atom stereocenters. The van der Waals surface area contributed by atoms with Gasteiger partial charge in [-0.2, -0.15) is 0 Å². The number of aliphatic carboxylic acids is 1. The highest BCUT2D eigenvalue weighted by molar-refractivity contribution is 5.94. The molecular weight excluding hydrogens is 440 g/mol. The summed E-state index contributed by atoms with van der Waals surface area (Å²) in [4.78, 5) is 47.4. The van der Waals surface area contributed by atoms with Gasteiger partial charge in [-0.25, -0.2) is 9.59 Å². The van der Waals surface area contributed by atoms with E-state index < -0.39 is 29.5 Å². The fraction of sp³-hybridized carbons (Fsp3) is 0.280. The van der Waals surface area contributed by atoms with E-state index >= 15 is 0 Å². The van der Waals surface area contributed by atoms with Gasteiger partial charge in [-0.1, -0.05) is 50.6 Å². The Hall–Kier alpha value is -4.14. The van der Waals surface area contributed by atoms with E-state index in [2.05, 4.69) is 10.6 Å². The van der Waals surface area contributed by atoms with E-state index in [1.807, 2.05) is 37.3 Å². The molecule has 2 aromatic carbocycles. The van der Waals surface area contributed by atoms with Gasteiger partial charge in [0.15, 0.2) is 6.61 Å². The van der Waals surface area contributed by atoms with E-state index in [-0.39, 0.29) is 19.1 Å². The lowest BCUT2D eigenvalue weighted by Gasteiger charge is -2.20. The van der Waals surface area contributed by atoms with Crippen molar-refractivity contribution in [1.29, 1.82) is 0 Å². The van der Waals surface area contributed by atoms with Crippen LogP contribution in [-0.4, -0.2) is 42.1 Å². The molecule has 0 spiro atoms. The molecule has 3 aromatic rings. The molecule has 0 saturated heterocycles. The maximum Gasteiger partial charge on any atom is 0.336 e. The zero-order valence-corrected chi connectivity index (χ0v) is 18.9. The minimum Gasteiger partial charge on any atom is -0.484 e. The van der Waals surface area contributed by atoms with Gasteiger partial charge in [0, 0.05) is 17.5 Å². The smallest absolute Gasteiger partial charge is 0.336 e. The summed E-state index contributed by atoms with van der Waals surface area (Å²) in [5.41, 5.74) is 1.39. The zero-order valence-electron chi connectivity index (χ0n) is 18.9. The predicted octanol–water partition coefficient (Wildman–Crippen LogP) is 2.57. The van der Waals surface area contributed by atoms with Crippen molar-refractivity contribution in [3.63, 3.8) is 0 Å². The number of carbonyl (C=O) groups is 3. The van der Waals surface area contributed by atoms with Crippen molar-refractivity contribution in [2.45, 2.75) is 26.3 Å². The van der Waals surface area contributed by atoms with E-state index in [9.17, 15) is 24.3 Å². The molecule has 0 aliphatic carbocycles. The molecule has 9 nitrogen and oxygen atoms in total. The van der Waals surface area contributed by atoms with Gasteiger partial charge in [-0.05, 0) is 29.2 Å². The van der Waals surface area contributed by atoms with E-state index in [0.29, 0.717) is 23.1 Å². The Morgan fingerprint density at radius 2 is 1.79 bits per heavy atom. The molecule has 0 fully saturated rings. The standard InChI is InChI=1S/C25H26N2O7/c1-3-15(2)24(25(31)32)27-21(28)13-26-22(29)14-33-17-9-10-18-19(16-7-5-4-6-8-16)12-23(30)34-20(18)11-17/h4-12,15,24H,3,13-14H2,1-2H3,(H,26,29)(H,27,28)(H,31,32)/t15-,24+/m1/s1. The van der Waals surface area contributed by atoms with Gasteiger partial charge in [0.25, 0.3) is 5.91 Å². The van der Waals surface area contributed by atoms with Crippen LogP contribution >= 0.6 is 0 Å². The van der Waals surface area contributed by atoms with Crippen LogP contribution in [0.5, 0.6) is 5.75 Å². The largest absolute Gasteiger partial charge is 0.484 e. The number of rotatable bonds is 10. The van der Waals surface area contributed by atoms with Crippen LogP contribution in [0.4, 0.5) is 0 Å². The minimum absolute atomic E-state index is 0.254. The van der Waals surface area contributed by atoms with Crippen LogP contribution < -0.4 is 21.0 Å². The van der Waals surface area contributed by atoms with Gasteiger partial charge < -0.3 is 24.9 Å². The van der Waals surface area contributed by atoms with Crippen LogP contribution in [0.2, 0.25) is 0 Å². The van der Waals surface area contributed by atoms with E-state index in [1.165, 1.54) is 12.1 Å². The van der Waals surface area contributed by atoms with Crippen molar-refractivity contribution in [1.82, 2.24) is 10.6 Å². The fourth-order valence-electron chi connectivity index (χ4n) is 3.38. The van der Waals surface area contributed by atoms with Gasteiger partial charge in [-0.15, -0.1) is 0 Å². The minimum atomic E-state index is -1.13. The third-order valence-electron chi connectivity index (χ3n) is 5.41. The number of ether oxygens (including phenoxy) is 1. The Kier molecular flexibility index (Phi) is 8.02. The highest BCUT2D eigenvalue weighted by Crippen LogP contribution is 2.29. The second-order valence-corrected chi connectivity index (χ2v) is 7.84. The van der Waals surface area contributed by atoms with Gasteiger partial charge in [0.2, 0.25) is 5.91 Å². The van der Waals surface area contributed by atoms with Crippen molar-refractivity contribution in [3.05, 3.63) is 65.0 Å². The van der Waals surface area contributed by atoms with Crippen LogP contribution in [0.15, 0.2) is 63.8 Å². The maximum absolute atomic E-state index is 12.1. The number of carboxylic acid groups (broad SMARTS) is 1. The molecule has 0 bridgehead atoms. The number of hydrogen-bond donors (Lipinski definition) is 3. The number of hydrogen-bond acceptors (Lipinski definition) is 6. The summed E-state index contributed by atoms with van der Waals surface area (Å²) < 4.78 is 10.8. The average Bonchev–Trinajstić information content (AvgIpc) is 2.83. The summed E-state index contributed by atoms with van der Waals surface area (Å²) in [7, 11) is 0. The van der Waals surface area contributed by atoms with E-state index in [1.54, 1.807) is 19.1 Å². The molecule has 2 amide bonds. The molecule has 1 heterocycles. The maximum atomic E-state index is 12.1. The lowest BCUT2D eigenvalue weighted by molar-refractivity contribution is -0.143. The highest BCUT2D eigenvalue weighted by Gasteiger charge is 2.25. The van der Waals surface area contributed by atoms with Crippen molar-refractivity contribution < 1.29 is 28.6 Å². The third kappa shape index (κ3) is 6.22. The van der Waals surface area contributed by atoms with Crippen molar-refractivity contribution in [3.8, 4) is 16.9 Å². The molecule has 34 heavy (non-hydrogen) atoms. The summed E-state index contributed by atoms with van der Waals surface area (Å²) in [6.07, 6.45) is 0.580. The molecule has 3 N–H and O–H groups in total. The Morgan fingerprint density at radius 3 is 2.47 bits per heavy atom. The molecule has 178 valence electrons. The van der Waals surface area contributed by atoms with E-state index in [4.69, 9.17) is 9.15 Å². The van der Waals surface area contributed by atoms with Gasteiger partial charge in [0.1, 0.15) is 17.4 Å². The predicted molar refractivity (Wildman–Crippen MR) is 125 cm³/mol. The third-order valence-corrected chi connectivity index (χ3v) is 5.41. The average molecular weight is 466 g/mol. The first-order valence-corrected chi connectivity index (χ1v) is 10.8. The number of fused-ring (bicyclic) bond motifs is 1. The van der Waals surface area contributed by atoms with Crippen LogP contribution in [0.1, 0.15) is 20.3 Å². The van der Waals surface area contributed by atoms with Gasteiger partial charge in [-0.3, -0.25) is 9.59 Å². The Balaban J connectivity index is 1.60. The van der Waals surface area contributed by atoms with Crippen LogP contribution in [0.3, 0.4) is 0 Å². The molecule has 0 radical (unpaired) electrons. The lowest BCUT2D eigenvalue weighted by Crippen LogP contribution is -2.48. The topological polar surface area (TPSA) is 135 Å². The summed E-state index contributed by atoms with van der Waals surface area (Å²) in [6.45, 7) is 2.79. The number of benzene rings is 2. The first kappa shape index (κ1) is 24.5. The quantitative estimate of drug-likeness (QED) is 0.391. The summed E-state index contributed by atoms with van der Waals surface area (Å²) >= 11 is 0. The molecule has 0 aliphatic rings. The number of carboxylic acids is 1. The van der Waals surface area contributed by atoms with Crippen molar-refractivity contribution in [2.75, 3.05) is 13.2 Å². The van der Waals surface area contributed by atoms with Crippen LogP contribution in [-0.2, 0) is 14.4 Å². The molecule has 3 rings (SSSR count). The van der Waals surface area contributed by atoms with Crippen LogP contribution in [0, 0.1) is 5.92 Å². The Labute approximate surface area is 195 Å². The lowest BCUT2D eigenvalue weighted by atomic mass is 9.99. The highest BCUT2D eigenvalue weighted by atomic mass is 16.5. The second-order valence-electron chi connectivity index (χ2n) is 7.84.